The van der Waals surface area contributed by atoms with Crippen molar-refractivity contribution < 1.29 is 4.74 Å². The number of pyridine rings is 4. The molecule has 0 atom stereocenters. The molecule has 0 aliphatic carbocycles. The average Bonchev–Trinajstić information content (AvgIpc) is 3.73. The van der Waals surface area contributed by atoms with Gasteiger partial charge < -0.3 is 9.72 Å². The van der Waals surface area contributed by atoms with Gasteiger partial charge in [-0.1, -0.05) is 6.07 Å². The molecule has 6 aromatic rings. The molecular formula is C28H25N9O. The van der Waals surface area contributed by atoms with Crippen LogP contribution < -0.4 is 4.74 Å². The number of ether oxygens (including phenoxy) is 1. The number of hydrogen-bond donors (Lipinski definition) is 2. The van der Waals surface area contributed by atoms with E-state index in [2.05, 4.69) is 35.0 Å². The minimum Gasteiger partial charge on any atom is -0.491 e. The molecule has 38 heavy (non-hydrogen) atoms. The maximum absolute atomic E-state index is 6.00. The highest BCUT2D eigenvalue weighted by molar-refractivity contribution is 5.95. The highest BCUT2D eigenvalue weighted by atomic mass is 16.5. The molecule has 1 aliphatic heterocycles. The molecule has 0 unspecified atom stereocenters. The van der Waals surface area contributed by atoms with E-state index in [-0.39, 0.29) is 0 Å². The lowest BCUT2D eigenvalue weighted by molar-refractivity contribution is 0.237. The van der Waals surface area contributed by atoms with Crippen molar-refractivity contribution in [3.05, 3.63) is 67.5 Å². The van der Waals surface area contributed by atoms with E-state index in [0.29, 0.717) is 18.1 Å². The molecule has 6 aromatic heterocycles. The summed E-state index contributed by atoms with van der Waals surface area (Å²) in [5, 5.41) is 7.61. The maximum Gasteiger partial charge on any atom is 0.161 e. The Kier molecular flexibility index (Phi) is 5.71. The van der Waals surface area contributed by atoms with E-state index < -0.39 is 0 Å². The molecule has 1 saturated heterocycles. The Morgan fingerprint density at radius 2 is 1.74 bits per heavy atom. The van der Waals surface area contributed by atoms with E-state index in [1.807, 2.05) is 30.3 Å². The first kappa shape index (κ1) is 22.5. The van der Waals surface area contributed by atoms with Gasteiger partial charge in [0.1, 0.15) is 23.4 Å². The average molecular weight is 504 g/mol. The van der Waals surface area contributed by atoms with Gasteiger partial charge >= 0.3 is 0 Å². The largest absolute Gasteiger partial charge is 0.491 e. The van der Waals surface area contributed by atoms with Crippen LogP contribution in [0.15, 0.2) is 67.5 Å². The van der Waals surface area contributed by atoms with Crippen LogP contribution in [-0.2, 0) is 0 Å². The molecule has 0 spiro atoms. The quantitative estimate of drug-likeness (QED) is 0.327. The van der Waals surface area contributed by atoms with Gasteiger partial charge in [0.25, 0.3) is 0 Å². The zero-order chi connectivity index (χ0) is 25.3. The lowest BCUT2D eigenvalue weighted by atomic mass is 10.1. The molecule has 7 rings (SSSR count). The van der Waals surface area contributed by atoms with E-state index >= 15 is 0 Å². The minimum absolute atomic E-state index is 0.617. The molecule has 188 valence electrons. The van der Waals surface area contributed by atoms with Crippen LogP contribution in [0.1, 0.15) is 12.8 Å². The highest BCUT2D eigenvalue weighted by Crippen LogP contribution is 2.31. The van der Waals surface area contributed by atoms with Gasteiger partial charge in [-0.25, -0.2) is 9.97 Å². The summed E-state index contributed by atoms with van der Waals surface area (Å²) in [5.74, 6) is 1.36. The predicted octanol–water partition coefficient (Wildman–Crippen LogP) is 4.49. The van der Waals surface area contributed by atoms with E-state index in [1.165, 1.54) is 12.8 Å². The Morgan fingerprint density at radius 3 is 2.63 bits per heavy atom. The molecule has 10 nitrogen and oxygen atoms in total. The van der Waals surface area contributed by atoms with Crippen molar-refractivity contribution in [2.75, 3.05) is 26.2 Å². The number of nitrogens with zero attached hydrogens (tertiary/aromatic N) is 7. The third kappa shape index (κ3) is 4.24. The molecular weight excluding hydrogens is 478 g/mol. The van der Waals surface area contributed by atoms with Crippen LogP contribution in [0.3, 0.4) is 0 Å². The molecule has 0 saturated carbocycles. The van der Waals surface area contributed by atoms with E-state index in [4.69, 9.17) is 14.7 Å². The van der Waals surface area contributed by atoms with Crippen molar-refractivity contribution in [1.82, 2.24) is 45.0 Å². The summed E-state index contributed by atoms with van der Waals surface area (Å²) in [6.45, 7) is 3.89. The Hall–Kier alpha value is -4.70. The molecule has 0 amide bonds. The molecule has 0 radical (unpaired) electrons. The van der Waals surface area contributed by atoms with Gasteiger partial charge in [-0.05, 0) is 50.2 Å². The number of likely N-dealkylation sites (tertiary alicyclic amines) is 1. The van der Waals surface area contributed by atoms with Crippen LogP contribution in [0.2, 0.25) is 0 Å². The summed E-state index contributed by atoms with van der Waals surface area (Å²) >= 11 is 0. The number of fused-ring (bicyclic) bond motifs is 2. The van der Waals surface area contributed by atoms with Crippen molar-refractivity contribution >= 4 is 22.1 Å². The number of hydrogen-bond acceptors (Lipinski definition) is 8. The third-order valence-corrected chi connectivity index (χ3v) is 6.88. The van der Waals surface area contributed by atoms with Crippen molar-refractivity contribution in [2.24, 2.45) is 0 Å². The van der Waals surface area contributed by atoms with E-state index in [1.54, 1.807) is 37.2 Å². The molecule has 1 fully saturated rings. The van der Waals surface area contributed by atoms with Gasteiger partial charge in [0.15, 0.2) is 11.5 Å². The summed E-state index contributed by atoms with van der Waals surface area (Å²) in [5.41, 5.74) is 7.32. The number of imidazole rings is 1. The monoisotopic (exact) mass is 503 g/mol. The lowest BCUT2D eigenvalue weighted by Gasteiger charge is -2.15. The number of aromatic amines is 2. The summed E-state index contributed by atoms with van der Waals surface area (Å²) in [6.07, 6.45) is 13.2. The fourth-order valence-corrected chi connectivity index (χ4v) is 4.94. The summed E-state index contributed by atoms with van der Waals surface area (Å²) in [7, 11) is 0. The standard InChI is InChI=1S/C28H25N9O/c1-2-9-37(8-1)10-11-38-20-12-19(14-30-15-20)22-5-6-23-26(32-22)27(36-35-23)28-33-24-17-31-16-21(25(24)34-28)18-4-3-7-29-13-18/h3-7,12-17H,1-2,8-11H2,(H,33,34)(H,35,36). The van der Waals surface area contributed by atoms with Crippen LogP contribution in [0, 0.1) is 0 Å². The Bertz CT molecular complexity index is 1720. The van der Waals surface area contributed by atoms with Crippen LogP contribution in [0.4, 0.5) is 0 Å². The molecule has 1 aliphatic rings. The van der Waals surface area contributed by atoms with Crippen LogP contribution >= 0.6 is 0 Å². The summed E-state index contributed by atoms with van der Waals surface area (Å²) in [6, 6.07) is 9.81. The second kappa shape index (κ2) is 9.64. The second-order valence-corrected chi connectivity index (χ2v) is 9.38. The molecule has 0 bridgehead atoms. The predicted molar refractivity (Wildman–Crippen MR) is 144 cm³/mol. The van der Waals surface area contributed by atoms with E-state index in [0.717, 1.165) is 69.8 Å². The first-order chi connectivity index (χ1) is 18.8. The van der Waals surface area contributed by atoms with Gasteiger partial charge in [0.2, 0.25) is 0 Å². The van der Waals surface area contributed by atoms with Crippen molar-refractivity contribution in [2.45, 2.75) is 12.8 Å². The first-order valence-corrected chi connectivity index (χ1v) is 12.7. The van der Waals surface area contributed by atoms with Gasteiger partial charge in [0, 0.05) is 48.0 Å². The minimum atomic E-state index is 0.617. The van der Waals surface area contributed by atoms with Crippen molar-refractivity contribution in [3.8, 4) is 39.7 Å². The molecule has 10 heteroatoms. The Labute approximate surface area is 218 Å². The van der Waals surface area contributed by atoms with Gasteiger partial charge in [-0.15, -0.1) is 0 Å². The van der Waals surface area contributed by atoms with Crippen LogP contribution in [0.25, 0.3) is 56.0 Å². The Balaban J connectivity index is 1.20. The number of H-pyrrole nitrogens is 2. The molecule has 0 aromatic carbocycles. The fourth-order valence-electron chi connectivity index (χ4n) is 4.94. The topological polar surface area (TPSA) is 121 Å². The summed E-state index contributed by atoms with van der Waals surface area (Å²) in [4.78, 5) is 28.6. The first-order valence-electron chi connectivity index (χ1n) is 12.7. The lowest BCUT2D eigenvalue weighted by Crippen LogP contribution is -2.25. The van der Waals surface area contributed by atoms with Crippen LogP contribution in [0.5, 0.6) is 5.75 Å². The molecule has 2 N–H and O–H groups in total. The zero-order valence-corrected chi connectivity index (χ0v) is 20.6. The van der Waals surface area contributed by atoms with Crippen LogP contribution in [-0.4, -0.2) is 71.2 Å². The normalized spacial score (nSPS) is 14.0. The zero-order valence-electron chi connectivity index (χ0n) is 20.6. The number of rotatable bonds is 7. The van der Waals surface area contributed by atoms with Gasteiger partial charge in [-0.3, -0.25) is 25.0 Å². The third-order valence-electron chi connectivity index (χ3n) is 6.88. The smallest absolute Gasteiger partial charge is 0.161 e. The maximum atomic E-state index is 6.00. The SMILES string of the molecule is c1cncc(-c2cncc3[nH]c(-c4n[nH]c5ccc(-c6cncc(OCCN7CCCC7)c6)nc45)nc23)c1. The number of aromatic nitrogens is 8. The molecule has 7 heterocycles. The van der Waals surface area contributed by atoms with Gasteiger partial charge in [-0.2, -0.15) is 5.10 Å². The summed E-state index contributed by atoms with van der Waals surface area (Å²) < 4.78 is 6.00. The fraction of sp³-hybridized carbons (Fsp3) is 0.214. The number of nitrogens with one attached hydrogen (secondary N) is 2. The van der Waals surface area contributed by atoms with Crippen molar-refractivity contribution in [1.29, 1.82) is 0 Å². The highest BCUT2D eigenvalue weighted by Gasteiger charge is 2.17. The second-order valence-electron chi connectivity index (χ2n) is 9.38. The Morgan fingerprint density at radius 1 is 0.842 bits per heavy atom. The van der Waals surface area contributed by atoms with E-state index in [9.17, 15) is 0 Å². The van der Waals surface area contributed by atoms with Gasteiger partial charge in [0.05, 0.1) is 29.1 Å². The van der Waals surface area contributed by atoms with Crippen molar-refractivity contribution in [3.63, 3.8) is 0 Å².